The maximum Gasteiger partial charge on any atom is 0.227 e. The Morgan fingerprint density at radius 3 is 2.81 bits per heavy atom. The minimum Gasteiger partial charge on any atom is -0.357 e. The number of amides is 1. The zero-order valence-electron chi connectivity index (χ0n) is 15.6. The highest BCUT2D eigenvalue weighted by Gasteiger charge is 2.25. The average Bonchev–Trinajstić information content (AvgIpc) is 3.09. The summed E-state index contributed by atoms with van der Waals surface area (Å²) in [4.78, 5) is 16.8. The summed E-state index contributed by atoms with van der Waals surface area (Å²) in [6, 6.07) is 8.01. The molecule has 1 atom stereocenters. The Labute approximate surface area is 160 Å². The minimum atomic E-state index is 0.154. The first kappa shape index (κ1) is 19.1. The number of aliphatic imine (C=N–C) groups is 1. The molecule has 3 rings (SSSR count). The number of guanidine groups is 1. The quantitative estimate of drug-likeness (QED) is 0.506. The second-order valence-corrected chi connectivity index (χ2v) is 8.44. The highest BCUT2D eigenvalue weighted by atomic mass is 32.2. The minimum absolute atomic E-state index is 0.154. The van der Waals surface area contributed by atoms with Crippen LogP contribution >= 0.6 is 11.8 Å². The molecule has 0 radical (unpaired) electrons. The van der Waals surface area contributed by atoms with Crippen molar-refractivity contribution in [2.75, 3.05) is 24.2 Å². The molecule has 1 aromatic rings. The predicted molar refractivity (Wildman–Crippen MR) is 111 cm³/mol. The standard InChI is InChI=1S/C20H30N4OS/c1-2-21-20(23-14-18-10-5-11-26-18)22-13-15-6-3-9-17(12-15)24-19(25)16-7-4-8-16/h3,6,9,12,16,18H,2,4-5,7-8,10-11,13-14H2,1H3,(H,24,25)(H2,21,22,23). The zero-order chi connectivity index (χ0) is 18.2. The zero-order valence-corrected chi connectivity index (χ0v) is 16.4. The van der Waals surface area contributed by atoms with Crippen molar-refractivity contribution in [3.05, 3.63) is 29.8 Å². The smallest absolute Gasteiger partial charge is 0.227 e. The molecule has 5 nitrogen and oxygen atoms in total. The van der Waals surface area contributed by atoms with Crippen LogP contribution in [0.4, 0.5) is 5.69 Å². The van der Waals surface area contributed by atoms with Gasteiger partial charge in [-0.05, 0) is 56.1 Å². The summed E-state index contributed by atoms with van der Waals surface area (Å²) in [5.41, 5.74) is 1.97. The Morgan fingerprint density at radius 1 is 1.23 bits per heavy atom. The van der Waals surface area contributed by atoms with Gasteiger partial charge in [0.1, 0.15) is 0 Å². The Bertz CT molecular complexity index is 624. The molecule has 1 amide bonds. The molecule has 1 saturated heterocycles. The lowest BCUT2D eigenvalue weighted by Crippen LogP contribution is -2.40. The Kier molecular flexibility index (Phi) is 7.23. The number of rotatable bonds is 7. The van der Waals surface area contributed by atoms with E-state index in [4.69, 9.17) is 4.99 Å². The van der Waals surface area contributed by atoms with Crippen molar-refractivity contribution in [1.29, 1.82) is 0 Å². The molecule has 6 heteroatoms. The normalized spacial score (nSPS) is 20.5. The summed E-state index contributed by atoms with van der Waals surface area (Å²) in [5.74, 6) is 2.50. The SMILES string of the molecule is CCNC(=NCc1cccc(NC(=O)C2CCC2)c1)NCC1CCCS1. The number of hydrogen-bond donors (Lipinski definition) is 3. The average molecular weight is 375 g/mol. The van der Waals surface area contributed by atoms with Crippen molar-refractivity contribution in [3.8, 4) is 0 Å². The second kappa shape index (κ2) is 9.86. The highest BCUT2D eigenvalue weighted by Crippen LogP contribution is 2.27. The number of nitrogens with one attached hydrogen (secondary N) is 3. The fourth-order valence-corrected chi connectivity index (χ4v) is 4.39. The van der Waals surface area contributed by atoms with E-state index in [-0.39, 0.29) is 11.8 Å². The Morgan fingerprint density at radius 2 is 2.12 bits per heavy atom. The fraction of sp³-hybridized carbons (Fsp3) is 0.600. The van der Waals surface area contributed by atoms with Crippen molar-refractivity contribution in [1.82, 2.24) is 10.6 Å². The van der Waals surface area contributed by atoms with E-state index >= 15 is 0 Å². The summed E-state index contributed by atoms with van der Waals surface area (Å²) in [5, 5.41) is 10.5. The van der Waals surface area contributed by atoms with Gasteiger partial charge in [-0.25, -0.2) is 4.99 Å². The molecule has 3 N–H and O–H groups in total. The summed E-state index contributed by atoms with van der Waals surface area (Å²) >= 11 is 2.05. The lowest BCUT2D eigenvalue weighted by molar-refractivity contribution is -0.122. The monoisotopic (exact) mass is 374 g/mol. The molecule has 0 spiro atoms. The predicted octanol–water partition coefficient (Wildman–Crippen LogP) is 3.38. The van der Waals surface area contributed by atoms with E-state index in [9.17, 15) is 4.79 Å². The Hall–Kier alpha value is -1.69. The van der Waals surface area contributed by atoms with Crippen molar-refractivity contribution in [3.63, 3.8) is 0 Å². The van der Waals surface area contributed by atoms with E-state index in [1.807, 2.05) is 30.0 Å². The molecule has 0 aromatic heterocycles. The summed E-state index contributed by atoms with van der Waals surface area (Å²) in [6.45, 7) is 4.49. The van der Waals surface area contributed by atoms with Crippen LogP contribution in [0.5, 0.6) is 0 Å². The van der Waals surface area contributed by atoms with E-state index in [2.05, 4.69) is 28.9 Å². The fourth-order valence-electron chi connectivity index (χ4n) is 3.19. The lowest BCUT2D eigenvalue weighted by Gasteiger charge is -2.24. The maximum absolute atomic E-state index is 12.1. The van der Waals surface area contributed by atoms with Gasteiger partial charge in [-0.2, -0.15) is 11.8 Å². The van der Waals surface area contributed by atoms with Crippen LogP contribution in [-0.2, 0) is 11.3 Å². The van der Waals surface area contributed by atoms with E-state index in [0.717, 1.165) is 43.1 Å². The molecule has 1 aliphatic heterocycles. The second-order valence-electron chi connectivity index (χ2n) is 7.03. The molecular formula is C20H30N4OS. The van der Waals surface area contributed by atoms with Crippen molar-refractivity contribution in [2.45, 2.75) is 50.8 Å². The van der Waals surface area contributed by atoms with Crippen molar-refractivity contribution < 1.29 is 4.79 Å². The Balaban J connectivity index is 1.53. The molecule has 142 valence electrons. The van der Waals surface area contributed by atoms with Crippen LogP contribution in [0.3, 0.4) is 0 Å². The largest absolute Gasteiger partial charge is 0.357 e. The highest BCUT2D eigenvalue weighted by molar-refractivity contribution is 8.00. The first-order chi connectivity index (χ1) is 12.7. The van der Waals surface area contributed by atoms with Crippen LogP contribution in [0.25, 0.3) is 0 Å². The molecule has 1 aliphatic carbocycles. The van der Waals surface area contributed by atoms with E-state index in [1.165, 1.54) is 25.0 Å². The van der Waals surface area contributed by atoms with Gasteiger partial charge in [0, 0.05) is 29.9 Å². The van der Waals surface area contributed by atoms with Gasteiger partial charge >= 0.3 is 0 Å². The topological polar surface area (TPSA) is 65.5 Å². The van der Waals surface area contributed by atoms with E-state index < -0.39 is 0 Å². The van der Waals surface area contributed by atoms with E-state index in [1.54, 1.807) is 0 Å². The number of thioether (sulfide) groups is 1. The molecule has 1 aromatic carbocycles. The van der Waals surface area contributed by atoms with Gasteiger partial charge in [0.05, 0.1) is 6.54 Å². The number of benzene rings is 1. The first-order valence-corrected chi connectivity index (χ1v) is 10.8. The van der Waals surface area contributed by atoms with Gasteiger partial charge in [-0.1, -0.05) is 18.6 Å². The van der Waals surface area contributed by atoms with Crippen LogP contribution in [0.15, 0.2) is 29.3 Å². The summed E-state index contributed by atoms with van der Waals surface area (Å²) in [7, 11) is 0. The van der Waals surface area contributed by atoms with Crippen LogP contribution in [0, 0.1) is 5.92 Å². The van der Waals surface area contributed by atoms with Gasteiger partial charge in [-0.3, -0.25) is 4.79 Å². The third kappa shape index (κ3) is 5.66. The number of nitrogens with zero attached hydrogens (tertiary/aromatic N) is 1. The molecule has 2 fully saturated rings. The molecule has 0 bridgehead atoms. The van der Waals surface area contributed by atoms with Crippen molar-refractivity contribution >= 4 is 29.3 Å². The maximum atomic E-state index is 12.1. The molecule has 2 aliphatic rings. The molecule has 1 heterocycles. The number of anilines is 1. The molecular weight excluding hydrogens is 344 g/mol. The number of carbonyl (C=O) groups is 1. The third-order valence-electron chi connectivity index (χ3n) is 4.96. The van der Waals surface area contributed by atoms with Gasteiger partial charge in [0.2, 0.25) is 5.91 Å². The van der Waals surface area contributed by atoms with Crippen LogP contribution in [-0.4, -0.2) is 36.0 Å². The third-order valence-corrected chi connectivity index (χ3v) is 6.35. The van der Waals surface area contributed by atoms with Gasteiger partial charge in [0.15, 0.2) is 5.96 Å². The summed E-state index contributed by atoms with van der Waals surface area (Å²) in [6.07, 6.45) is 5.83. The van der Waals surface area contributed by atoms with Crippen molar-refractivity contribution in [2.24, 2.45) is 10.9 Å². The molecule has 26 heavy (non-hydrogen) atoms. The van der Waals surface area contributed by atoms with Crippen LogP contribution < -0.4 is 16.0 Å². The van der Waals surface area contributed by atoms with Gasteiger partial charge < -0.3 is 16.0 Å². The van der Waals surface area contributed by atoms with Crippen LogP contribution in [0.1, 0.15) is 44.6 Å². The lowest BCUT2D eigenvalue weighted by atomic mass is 9.85. The number of hydrogen-bond acceptors (Lipinski definition) is 3. The van der Waals surface area contributed by atoms with E-state index in [0.29, 0.717) is 11.8 Å². The van der Waals surface area contributed by atoms with Gasteiger partial charge in [0.25, 0.3) is 0 Å². The summed E-state index contributed by atoms with van der Waals surface area (Å²) < 4.78 is 0. The van der Waals surface area contributed by atoms with Crippen LogP contribution in [0.2, 0.25) is 0 Å². The first-order valence-electron chi connectivity index (χ1n) is 9.78. The molecule has 1 saturated carbocycles. The molecule has 1 unspecified atom stereocenters. The number of carbonyl (C=O) groups excluding carboxylic acids is 1. The van der Waals surface area contributed by atoms with Gasteiger partial charge in [-0.15, -0.1) is 0 Å².